The summed E-state index contributed by atoms with van der Waals surface area (Å²) in [6.07, 6.45) is 0.754. The Morgan fingerprint density at radius 1 is 1.19 bits per heavy atom. The topological polar surface area (TPSA) is 64.4 Å². The molecule has 0 bridgehead atoms. The van der Waals surface area contributed by atoms with Crippen LogP contribution in [0.25, 0.3) is 0 Å². The van der Waals surface area contributed by atoms with Crippen molar-refractivity contribution in [3.05, 3.63) is 29.3 Å². The van der Waals surface area contributed by atoms with Gasteiger partial charge in [-0.1, -0.05) is 13.0 Å². The summed E-state index contributed by atoms with van der Waals surface area (Å²) in [6.45, 7) is 5.29. The van der Waals surface area contributed by atoms with Gasteiger partial charge in [0.05, 0.1) is 16.5 Å². The molecule has 0 saturated heterocycles. The second kappa shape index (κ2) is 7.55. The van der Waals surface area contributed by atoms with Gasteiger partial charge in [0.15, 0.2) is 0 Å². The molecule has 5 nitrogen and oxygen atoms in total. The molecular weight excluding hydrogens is 286 g/mol. The molecule has 0 aliphatic carbocycles. The van der Waals surface area contributed by atoms with E-state index in [2.05, 4.69) is 0 Å². The Balaban J connectivity index is 3.19. The van der Waals surface area contributed by atoms with Gasteiger partial charge < -0.3 is 4.90 Å². The van der Waals surface area contributed by atoms with Crippen molar-refractivity contribution < 1.29 is 8.42 Å². The first kappa shape index (κ1) is 17.6. The summed E-state index contributed by atoms with van der Waals surface area (Å²) in [4.78, 5) is 2.19. The minimum atomic E-state index is -3.57. The lowest BCUT2D eigenvalue weighted by atomic mass is 10.2. The number of rotatable bonds is 7. The Bertz CT molecular complexity index is 618. The third-order valence-electron chi connectivity index (χ3n) is 3.20. The maximum atomic E-state index is 12.8. The van der Waals surface area contributed by atoms with E-state index in [0.29, 0.717) is 30.8 Å². The summed E-state index contributed by atoms with van der Waals surface area (Å²) >= 11 is 0. The number of likely N-dealkylation sites (N-methyl/N-ethyl adjacent to an activating group) is 1. The van der Waals surface area contributed by atoms with E-state index in [9.17, 15) is 8.42 Å². The fraction of sp³-hybridized carbons (Fsp3) is 0.533. The smallest absolute Gasteiger partial charge is 0.243 e. The van der Waals surface area contributed by atoms with Gasteiger partial charge in [0.1, 0.15) is 0 Å². The van der Waals surface area contributed by atoms with Crippen LogP contribution < -0.4 is 0 Å². The molecule has 0 aliphatic rings. The van der Waals surface area contributed by atoms with Crippen molar-refractivity contribution in [3.63, 3.8) is 0 Å². The van der Waals surface area contributed by atoms with Crippen LogP contribution in [-0.4, -0.2) is 51.4 Å². The first-order chi connectivity index (χ1) is 9.82. The lowest BCUT2D eigenvalue weighted by Gasteiger charge is -2.24. The molecule has 0 radical (unpaired) electrons. The molecule has 0 atom stereocenters. The lowest BCUT2D eigenvalue weighted by molar-refractivity contribution is 0.333. The highest BCUT2D eigenvalue weighted by Crippen LogP contribution is 2.21. The zero-order valence-electron chi connectivity index (χ0n) is 13.1. The van der Waals surface area contributed by atoms with Gasteiger partial charge in [0.2, 0.25) is 10.0 Å². The van der Waals surface area contributed by atoms with Gasteiger partial charge in [-0.3, -0.25) is 0 Å². The fourth-order valence-corrected chi connectivity index (χ4v) is 3.77. The molecule has 21 heavy (non-hydrogen) atoms. The third-order valence-corrected chi connectivity index (χ3v) is 5.25. The predicted octanol–water partition coefficient (Wildman–Crippen LogP) is 1.83. The van der Waals surface area contributed by atoms with Gasteiger partial charge in [-0.15, -0.1) is 0 Å². The van der Waals surface area contributed by atoms with Gasteiger partial charge in [-0.25, -0.2) is 8.42 Å². The average molecular weight is 309 g/mol. The highest BCUT2D eigenvalue weighted by atomic mass is 32.2. The monoisotopic (exact) mass is 309 g/mol. The molecule has 0 unspecified atom stereocenters. The molecular formula is C15H23N3O2S. The minimum absolute atomic E-state index is 0.230. The van der Waals surface area contributed by atoms with Crippen molar-refractivity contribution in [2.24, 2.45) is 0 Å². The van der Waals surface area contributed by atoms with E-state index in [4.69, 9.17) is 5.26 Å². The maximum absolute atomic E-state index is 12.8. The van der Waals surface area contributed by atoms with Crippen molar-refractivity contribution in [2.75, 3.05) is 33.7 Å². The summed E-state index contributed by atoms with van der Waals surface area (Å²) in [7, 11) is 0.263. The quantitative estimate of drug-likeness (QED) is 0.771. The normalized spacial score (nSPS) is 11.9. The van der Waals surface area contributed by atoms with Gasteiger partial charge in [-0.2, -0.15) is 9.57 Å². The predicted molar refractivity (Wildman–Crippen MR) is 83.5 cm³/mol. The summed E-state index contributed by atoms with van der Waals surface area (Å²) in [6, 6.07) is 6.78. The fourth-order valence-electron chi connectivity index (χ4n) is 2.00. The number of sulfonamides is 1. The zero-order chi connectivity index (χ0) is 16.0. The molecule has 0 amide bonds. The lowest BCUT2D eigenvalue weighted by Crippen LogP contribution is -2.37. The standard InChI is InChI=1S/C15H23N3O2S/c1-5-8-18(10-9-17(3)4)21(19,20)15-11-14(12-16)7-6-13(15)2/h6-7,11H,5,8-10H2,1-4H3. The maximum Gasteiger partial charge on any atom is 0.243 e. The van der Waals surface area contributed by atoms with E-state index in [1.807, 2.05) is 32.0 Å². The number of hydrogen-bond donors (Lipinski definition) is 0. The van der Waals surface area contributed by atoms with Crippen LogP contribution >= 0.6 is 0 Å². The molecule has 1 aromatic carbocycles. The largest absolute Gasteiger partial charge is 0.308 e. The Morgan fingerprint density at radius 3 is 2.38 bits per heavy atom. The third kappa shape index (κ3) is 4.53. The molecule has 1 aromatic rings. The van der Waals surface area contributed by atoms with Gasteiger partial charge in [0.25, 0.3) is 0 Å². The number of nitriles is 1. The van der Waals surface area contributed by atoms with E-state index >= 15 is 0 Å². The van der Waals surface area contributed by atoms with Crippen molar-refractivity contribution >= 4 is 10.0 Å². The van der Waals surface area contributed by atoms with Crippen LogP contribution in [-0.2, 0) is 10.0 Å². The molecule has 0 spiro atoms. The Labute approximate surface area is 127 Å². The van der Waals surface area contributed by atoms with Crippen molar-refractivity contribution in [1.29, 1.82) is 5.26 Å². The van der Waals surface area contributed by atoms with E-state index in [-0.39, 0.29) is 4.90 Å². The molecule has 6 heteroatoms. The van der Waals surface area contributed by atoms with E-state index in [1.165, 1.54) is 10.4 Å². The summed E-state index contributed by atoms with van der Waals surface area (Å²) in [5.74, 6) is 0. The first-order valence-electron chi connectivity index (χ1n) is 6.98. The van der Waals surface area contributed by atoms with Crippen molar-refractivity contribution in [2.45, 2.75) is 25.2 Å². The van der Waals surface area contributed by atoms with Gasteiger partial charge in [0, 0.05) is 19.6 Å². The van der Waals surface area contributed by atoms with E-state index in [0.717, 1.165) is 6.42 Å². The van der Waals surface area contributed by atoms with Crippen LogP contribution in [0.15, 0.2) is 23.1 Å². The molecule has 1 rings (SSSR count). The second-order valence-electron chi connectivity index (χ2n) is 5.30. The van der Waals surface area contributed by atoms with Crippen LogP contribution in [0.3, 0.4) is 0 Å². The molecule has 0 aromatic heterocycles. The molecule has 0 fully saturated rings. The number of nitrogens with zero attached hydrogens (tertiary/aromatic N) is 3. The minimum Gasteiger partial charge on any atom is -0.308 e. The van der Waals surface area contributed by atoms with Crippen LogP contribution in [0.2, 0.25) is 0 Å². The van der Waals surface area contributed by atoms with Gasteiger partial charge >= 0.3 is 0 Å². The molecule has 0 N–H and O–H groups in total. The van der Waals surface area contributed by atoms with Crippen LogP contribution in [0.1, 0.15) is 24.5 Å². The van der Waals surface area contributed by atoms with Crippen LogP contribution in [0, 0.1) is 18.3 Å². The molecule has 116 valence electrons. The summed E-state index contributed by atoms with van der Waals surface area (Å²) < 4.78 is 27.1. The Kier molecular flexibility index (Phi) is 6.34. The van der Waals surface area contributed by atoms with Crippen molar-refractivity contribution in [3.8, 4) is 6.07 Å². The number of benzene rings is 1. The molecule has 0 heterocycles. The summed E-state index contributed by atoms with van der Waals surface area (Å²) in [5.41, 5.74) is 1.03. The summed E-state index contributed by atoms with van der Waals surface area (Å²) in [5, 5.41) is 8.97. The van der Waals surface area contributed by atoms with E-state index < -0.39 is 10.0 Å². The Hall–Kier alpha value is -1.42. The highest BCUT2D eigenvalue weighted by Gasteiger charge is 2.25. The second-order valence-corrected chi connectivity index (χ2v) is 7.21. The van der Waals surface area contributed by atoms with Crippen LogP contribution in [0.4, 0.5) is 0 Å². The zero-order valence-corrected chi connectivity index (χ0v) is 13.9. The first-order valence-corrected chi connectivity index (χ1v) is 8.42. The molecule has 0 aliphatic heterocycles. The van der Waals surface area contributed by atoms with Gasteiger partial charge in [-0.05, 0) is 45.1 Å². The average Bonchev–Trinajstić information content (AvgIpc) is 2.43. The number of hydrogen-bond acceptors (Lipinski definition) is 4. The van der Waals surface area contributed by atoms with E-state index in [1.54, 1.807) is 19.1 Å². The SMILES string of the molecule is CCCN(CCN(C)C)S(=O)(=O)c1cc(C#N)ccc1C. The number of aryl methyl sites for hydroxylation is 1. The Morgan fingerprint density at radius 2 is 1.86 bits per heavy atom. The van der Waals surface area contributed by atoms with Crippen molar-refractivity contribution in [1.82, 2.24) is 9.21 Å². The van der Waals surface area contributed by atoms with Crippen LogP contribution in [0.5, 0.6) is 0 Å². The molecule has 0 saturated carbocycles. The highest BCUT2D eigenvalue weighted by molar-refractivity contribution is 7.89.